The van der Waals surface area contributed by atoms with Crippen molar-refractivity contribution in [3.8, 4) is 0 Å². The van der Waals surface area contributed by atoms with Gasteiger partial charge in [-0.2, -0.15) is 0 Å². The van der Waals surface area contributed by atoms with Crippen LogP contribution in [-0.4, -0.2) is 44.7 Å². The highest BCUT2D eigenvalue weighted by atomic mass is 35.5. The third kappa shape index (κ3) is 4.39. The van der Waals surface area contributed by atoms with Crippen molar-refractivity contribution in [1.29, 1.82) is 0 Å². The van der Waals surface area contributed by atoms with Crippen LogP contribution in [0.15, 0.2) is 18.2 Å². The van der Waals surface area contributed by atoms with Crippen LogP contribution in [0.1, 0.15) is 24.2 Å². The second-order valence-corrected chi connectivity index (χ2v) is 5.75. The number of methoxy groups -OCH3 is 1. The number of amides is 1. The molecule has 0 aliphatic rings. The van der Waals surface area contributed by atoms with Gasteiger partial charge in [-0.15, -0.1) is 0 Å². The Labute approximate surface area is 126 Å². The summed E-state index contributed by atoms with van der Waals surface area (Å²) in [5.41, 5.74) is 1.37. The van der Waals surface area contributed by atoms with Crippen molar-refractivity contribution in [2.75, 3.05) is 33.1 Å². The molecular formula is C15H23ClN2O2. The Morgan fingerprint density at radius 3 is 2.55 bits per heavy atom. The van der Waals surface area contributed by atoms with E-state index in [1.54, 1.807) is 33.3 Å². The maximum Gasteiger partial charge on any atom is 0.254 e. The summed E-state index contributed by atoms with van der Waals surface area (Å²) >= 11 is 6.10. The van der Waals surface area contributed by atoms with Crippen LogP contribution >= 0.6 is 11.6 Å². The minimum Gasteiger partial charge on any atom is -0.383 e. The maximum absolute atomic E-state index is 12.1. The number of nitrogens with one attached hydrogen (secondary N) is 1. The van der Waals surface area contributed by atoms with Crippen molar-refractivity contribution in [2.45, 2.75) is 19.9 Å². The quantitative estimate of drug-likeness (QED) is 0.877. The second kappa shape index (κ2) is 7.50. The van der Waals surface area contributed by atoms with E-state index in [0.717, 1.165) is 5.69 Å². The summed E-state index contributed by atoms with van der Waals surface area (Å²) < 4.78 is 5.21. The Morgan fingerprint density at radius 2 is 2.05 bits per heavy atom. The molecule has 0 saturated heterocycles. The lowest BCUT2D eigenvalue weighted by molar-refractivity contribution is 0.0828. The van der Waals surface area contributed by atoms with E-state index in [9.17, 15) is 4.79 Å². The van der Waals surface area contributed by atoms with Crippen LogP contribution < -0.4 is 5.32 Å². The smallest absolute Gasteiger partial charge is 0.254 e. The molecule has 1 amide bonds. The number of hydrogen-bond donors (Lipinski definition) is 1. The number of carbonyl (C=O) groups excluding carboxylic acids is 1. The first-order valence-electron chi connectivity index (χ1n) is 6.63. The molecule has 1 N–H and O–H groups in total. The summed E-state index contributed by atoms with van der Waals surface area (Å²) in [7, 11) is 5.10. The van der Waals surface area contributed by atoms with Gasteiger partial charge in [-0.1, -0.05) is 25.4 Å². The average Bonchev–Trinajstić information content (AvgIpc) is 2.39. The van der Waals surface area contributed by atoms with Crippen molar-refractivity contribution in [2.24, 2.45) is 5.92 Å². The first-order valence-corrected chi connectivity index (χ1v) is 7.01. The predicted octanol–water partition coefficient (Wildman–Crippen LogP) is 3.12. The highest BCUT2D eigenvalue weighted by molar-refractivity contribution is 6.34. The number of hydrogen-bond acceptors (Lipinski definition) is 3. The molecule has 1 unspecified atom stereocenters. The van der Waals surface area contributed by atoms with Crippen molar-refractivity contribution in [3.63, 3.8) is 0 Å². The number of halogens is 1. The normalized spacial score (nSPS) is 12.3. The summed E-state index contributed by atoms with van der Waals surface area (Å²) in [4.78, 5) is 13.6. The molecule has 4 nitrogen and oxygen atoms in total. The van der Waals surface area contributed by atoms with Crippen LogP contribution in [0.2, 0.25) is 5.02 Å². The fourth-order valence-electron chi connectivity index (χ4n) is 1.81. The zero-order valence-electron chi connectivity index (χ0n) is 12.7. The number of nitrogens with zero attached hydrogens (tertiary/aromatic N) is 1. The summed E-state index contributed by atoms with van der Waals surface area (Å²) in [5, 5.41) is 3.85. The lowest BCUT2D eigenvalue weighted by Gasteiger charge is -2.23. The molecule has 0 bridgehead atoms. The van der Waals surface area contributed by atoms with Crippen molar-refractivity contribution >= 4 is 23.2 Å². The zero-order chi connectivity index (χ0) is 15.3. The molecular weight excluding hydrogens is 276 g/mol. The molecule has 0 saturated carbocycles. The van der Waals surface area contributed by atoms with Gasteiger partial charge >= 0.3 is 0 Å². The van der Waals surface area contributed by atoms with E-state index < -0.39 is 0 Å². The minimum atomic E-state index is -0.105. The lowest BCUT2D eigenvalue weighted by Crippen LogP contribution is -2.30. The molecule has 112 valence electrons. The molecule has 1 atom stereocenters. The molecule has 0 spiro atoms. The Morgan fingerprint density at radius 1 is 1.40 bits per heavy atom. The van der Waals surface area contributed by atoms with Gasteiger partial charge in [-0.25, -0.2) is 0 Å². The highest BCUT2D eigenvalue weighted by Gasteiger charge is 2.16. The average molecular weight is 299 g/mol. The van der Waals surface area contributed by atoms with E-state index in [1.807, 2.05) is 6.07 Å². The van der Waals surface area contributed by atoms with Crippen LogP contribution in [0.3, 0.4) is 0 Å². The van der Waals surface area contributed by atoms with E-state index in [-0.39, 0.29) is 11.9 Å². The number of ether oxygens (including phenoxy) is 1. The number of anilines is 1. The van der Waals surface area contributed by atoms with Gasteiger partial charge in [0.1, 0.15) is 0 Å². The molecule has 0 fully saturated rings. The molecule has 0 heterocycles. The van der Waals surface area contributed by atoms with E-state index in [1.165, 1.54) is 4.90 Å². The van der Waals surface area contributed by atoms with Crippen LogP contribution in [0.5, 0.6) is 0 Å². The monoisotopic (exact) mass is 298 g/mol. The van der Waals surface area contributed by atoms with Gasteiger partial charge in [0.25, 0.3) is 5.91 Å². The minimum absolute atomic E-state index is 0.105. The number of rotatable bonds is 6. The third-order valence-corrected chi connectivity index (χ3v) is 3.44. The van der Waals surface area contributed by atoms with E-state index in [2.05, 4.69) is 19.2 Å². The fraction of sp³-hybridized carbons (Fsp3) is 0.533. The number of benzene rings is 1. The van der Waals surface area contributed by atoms with Gasteiger partial charge in [0.2, 0.25) is 0 Å². The highest BCUT2D eigenvalue weighted by Crippen LogP contribution is 2.23. The van der Waals surface area contributed by atoms with Crippen molar-refractivity contribution in [3.05, 3.63) is 28.8 Å². The standard InChI is InChI=1S/C15H23ClN2O2/c1-10(2)14(9-20-5)17-11-6-7-13(16)12(8-11)15(19)18(3)4/h6-8,10,14,17H,9H2,1-5H3. The molecule has 5 heteroatoms. The summed E-state index contributed by atoms with van der Waals surface area (Å²) in [6.45, 7) is 4.86. The van der Waals surface area contributed by atoms with Crippen LogP contribution in [0.25, 0.3) is 0 Å². The Balaban J connectivity index is 2.97. The largest absolute Gasteiger partial charge is 0.383 e. The van der Waals surface area contributed by atoms with Gasteiger partial charge in [0.15, 0.2) is 0 Å². The first kappa shape index (κ1) is 16.8. The summed E-state index contributed by atoms with van der Waals surface area (Å²) in [6, 6.07) is 5.59. The van der Waals surface area contributed by atoms with Crippen LogP contribution in [0.4, 0.5) is 5.69 Å². The van der Waals surface area contributed by atoms with E-state index >= 15 is 0 Å². The molecule has 0 radical (unpaired) electrons. The summed E-state index contributed by atoms with van der Waals surface area (Å²) in [6.07, 6.45) is 0. The Hall–Kier alpha value is -1.26. The maximum atomic E-state index is 12.1. The topological polar surface area (TPSA) is 41.6 Å². The van der Waals surface area contributed by atoms with Gasteiger partial charge in [0, 0.05) is 26.9 Å². The molecule has 1 aromatic rings. The predicted molar refractivity (Wildman–Crippen MR) is 83.6 cm³/mol. The van der Waals surface area contributed by atoms with Gasteiger partial charge in [-0.3, -0.25) is 4.79 Å². The van der Waals surface area contributed by atoms with E-state index in [0.29, 0.717) is 23.1 Å². The Kier molecular flexibility index (Phi) is 6.30. The zero-order valence-corrected chi connectivity index (χ0v) is 13.5. The van der Waals surface area contributed by atoms with Crippen molar-refractivity contribution < 1.29 is 9.53 Å². The second-order valence-electron chi connectivity index (χ2n) is 5.34. The van der Waals surface area contributed by atoms with Crippen molar-refractivity contribution in [1.82, 2.24) is 4.90 Å². The van der Waals surface area contributed by atoms with Gasteiger partial charge in [0.05, 0.1) is 23.2 Å². The van der Waals surface area contributed by atoms with Gasteiger partial charge < -0.3 is 15.0 Å². The van der Waals surface area contributed by atoms with Crippen LogP contribution in [0, 0.1) is 5.92 Å². The Bertz CT molecular complexity index is 461. The molecule has 0 aliphatic heterocycles. The summed E-state index contributed by atoms with van der Waals surface area (Å²) in [5.74, 6) is 0.310. The third-order valence-electron chi connectivity index (χ3n) is 3.11. The van der Waals surface area contributed by atoms with E-state index in [4.69, 9.17) is 16.3 Å². The fourth-order valence-corrected chi connectivity index (χ4v) is 2.01. The first-order chi connectivity index (χ1) is 9.36. The number of carbonyl (C=O) groups is 1. The molecule has 0 aliphatic carbocycles. The van der Waals surface area contributed by atoms with Gasteiger partial charge in [-0.05, 0) is 24.1 Å². The lowest BCUT2D eigenvalue weighted by atomic mass is 10.0. The molecule has 0 aromatic heterocycles. The molecule has 20 heavy (non-hydrogen) atoms. The SMILES string of the molecule is COCC(Nc1ccc(Cl)c(C(=O)N(C)C)c1)C(C)C. The molecule has 1 rings (SSSR count). The molecule has 1 aromatic carbocycles. The van der Waals surface area contributed by atoms with Crippen LogP contribution in [-0.2, 0) is 4.74 Å².